The van der Waals surface area contributed by atoms with E-state index < -0.39 is 0 Å². The standard InChI is InChI=1S/C17H21N5O3/c1-11(16-21-20-15-4-5-18-6-7-22(15)16)19-17(23)12-2-3-13-14(10-12)25-9-8-24-13/h2-3,10-11,18H,4-9H2,1H3,(H,19,23). The van der Waals surface area contributed by atoms with Gasteiger partial charge in [0, 0.05) is 31.6 Å². The van der Waals surface area contributed by atoms with Crippen molar-refractivity contribution < 1.29 is 14.3 Å². The fraction of sp³-hybridized carbons (Fsp3) is 0.471. The first-order valence-corrected chi connectivity index (χ1v) is 8.55. The Morgan fingerprint density at radius 2 is 2.08 bits per heavy atom. The van der Waals surface area contributed by atoms with E-state index in [0.717, 1.165) is 37.7 Å². The predicted molar refractivity (Wildman–Crippen MR) is 89.9 cm³/mol. The van der Waals surface area contributed by atoms with Gasteiger partial charge in [-0.1, -0.05) is 0 Å². The molecule has 1 aromatic carbocycles. The van der Waals surface area contributed by atoms with E-state index in [1.54, 1.807) is 18.2 Å². The lowest BCUT2D eigenvalue weighted by molar-refractivity contribution is 0.0936. The van der Waals surface area contributed by atoms with Gasteiger partial charge in [-0.25, -0.2) is 0 Å². The summed E-state index contributed by atoms with van der Waals surface area (Å²) < 4.78 is 13.1. The van der Waals surface area contributed by atoms with Gasteiger partial charge in [-0.15, -0.1) is 10.2 Å². The Morgan fingerprint density at radius 3 is 2.96 bits per heavy atom. The summed E-state index contributed by atoms with van der Waals surface area (Å²) >= 11 is 0. The smallest absolute Gasteiger partial charge is 0.252 e. The highest BCUT2D eigenvalue weighted by Gasteiger charge is 2.22. The van der Waals surface area contributed by atoms with E-state index in [1.807, 2.05) is 6.92 Å². The third-order valence-electron chi connectivity index (χ3n) is 4.43. The Labute approximate surface area is 145 Å². The average Bonchev–Trinajstić information content (AvgIpc) is 2.90. The molecular formula is C17H21N5O3. The van der Waals surface area contributed by atoms with Gasteiger partial charge in [0.1, 0.15) is 19.0 Å². The second-order valence-corrected chi connectivity index (χ2v) is 6.18. The second kappa shape index (κ2) is 6.72. The molecular weight excluding hydrogens is 322 g/mol. The van der Waals surface area contributed by atoms with E-state index in [0.29, 0.717) is 30.3 Å². The van der Waals surface area contributed by atoms with Crippen LogP contribution in [-0.2, 0) is 13.0 Å². The molecule has 1 aromatic heterocycles. The number of rotatable bonds is 3. The molecule has 3 heterocycles. The number of benzene rings is 1. The molecule has 0 saturated heterocycles. The second-order valence-electron chi connectivity index (χ2n) is 6.18. The van der Waals surface area contributed by atoms with Crippen LogP contribution >= 0.6 is 0 Å². The van der Waals surface area contributed by atoms with Gasteiger partial charge >= 0.3 is 0 Å². The molecule has 0 bridgehead atoms. The first kappa shape index (κ1) is 15.9. The molecule has 25 heavy (non-hydrogen) atoms. The van der Waals surface area contributed by atoms with E-state index in [2.05, 4.69) is 25.4 Å². The number of ether oxygens (including phenoxy) is 2. The van der Waals surface area contributed by atoms with Crippen LogP contribution in [0.2, 0.25) is 0 Å². The Kier molecular flexibility index (Phi) is 4.27. The number of hydrogen-bond acceptors (Lipinski definition) is 6. The highest BCUT2D eigenvalue weighted by molar-refractivity contribution is 5.95. The molecule has 8 nitrogen and oxygen atoms in total. The molecule has 1 amide bonds. The molecule has 2 N–H and O–H groups in total. The molecule has 8 heteroatoms. The van der Waals surface area contributed by atoms with Crippen molar-refractivity contribution in [3.05, 3.63) is 35.4 Å². The summed E-state index contributed by atoms with van der Waals surface area (Å²) in [6, 6.07) is 4.98. The minimum atomic E-state index is -0.236. The van der Waals surface area contributed by atoms with Gasteiger partial charge in [0.15, 0.2) is 17.3 Å². The number of carbonyl (C=O) groups excluding carboxylic acids is 1. The third kappa shape index (κ3) is 3.17. The molecule has 0 spiro atoms. The minimum absolute atomic E-state index is 0.173. The van der Waals surface area contributed by atoms with Gasteiger partial charge in [0.25, 0.3) is 5.91 Å². The van der Waals surface area contributed by atoms with Crippen molar-refractivity contribution >= 4 is 5.91 Å². The van der Waals surface area contributed by atoms with Gasteiger partial charge in [-0.05, 0) is 25.1 Å². The van der Waals surface area contributed by atoms with Crippen LogP contribution in [0.15, 0.2) is 18.2 Å². The van der Waals surface area contributed by atoms with Crippen LogP contribution in [0.25, 0.3) is 0 Å². The maximum atomic E-state index is 12.6. The quantitative estimate of drug-likeness (QED) is 0.852. The highest BCUT2D eigenvalue weighted by atomic mass is 16.6. The lowest BCUT2D eigenvalue weighted by Gasteiger charge is -2.19. The summed E-state index contributed by atoms with van der Waals surface area (Å²) in [5.41, 5.74) is 0.536. The number of hydrogen-bond donors (Lipinski definition) is 2. The fourth-order valence-corrected chi connectivity index (χ4v) is 3.14. The minimum Gasteiger partial charge on any atom is -0.486 e. The van der Waals surface area contributed by atoms with E-state index >= 15 is 0 Å². The SMILES string of the molecule is CC(NC(=O)c1ccc2c(c1)OCCO2)c1nnc2n1CCNCC2. The molecule has 2 aromatic rings. The molecule has 0 fully saturated rings. The van der Waals surface area contributed by atoms with Gasteiger partial charge < -0.3 is 24.7 Å². The number of aromatic nitrogens is 3. The lowest BCUT2D eigenvalue weighted by atomic mass is 10.1. The van der Waals surface area contributed by atoms with Crippen LogP contribution < -0.4 is 20.1 Å². The lowest BCUT2D eigenvalue weighted by Crippen LogP contribution is -2.29. The maximum absolute atomic E-state index is 12.6. The normalized spacial score (nSPS) is 17.3. The van der Waals surface area contributed by atoms with Crippen molar-refractivity contribution in [1.82, 2.24) is 25.4 Å². The van der Waals surface area contributed by atoms with Crippen LogP contribution in [0.3, 0.4) is 0 Å². The van der Waals surface area contributed by atoms with Crippen molar-refractivity contribution in [2.45, 2.75) is 25.9 Å². The molecule has 1 atom stereocenters. The summed E-state index contributed by atoms with van der Waals surface area (Å²) in [7, 11) is 0. The molecule has 1 unspecified atom stereocenters. The fourth-order valence-electron chi connectivity index (χ4n) is 3.14. The monoisotopic (exact) mass is 343 g/mol. The van der Waals surface area contributed by atoms with Crippen LogP contribution in [0.1, 0.15) is 35.0 Å². The molecule has 4 rings (SSSR count). The Balaban J connectivity index is 1.50. The van der Waals surface area contributed by atoms with Crippen molar-refractivity contribution in [3.63, 3.8) is 0 Å². The summed E-state index contributed by atoms with van der Waals surface area (Å²) in [6.07, 6.45) is 0.843. The summed E-state index contributed by atoms with van der Waals surface area (Å²) in [5.74, 6) is 2.85. The van der Waals surface area contributed by atoms with Crippen LogP contribution in [0, 0.1) is 0 Å². The zero-order valence-electron chi connectivity index (χ0n) is 14.1. The number of fused-ring (bicyclic) bond motifs is 2. The number of amides is 1. The molecule has 132 valence electrons. The van der Waals surface area contributed by atoms with Gasteiger partial charge in [0.2, 0.25) is 0 Å². The van der Waals surface area contributed by atoms with Gasteiger partial charge in [-0.2, -0.15) is 0 Å². The first-order valence-electron chi connectivity index (χ1n) is 8.55. The summed E-state index contributed by atoms with van der Waals surface area (Å²) in [6.45, 7) is 5.53. The topological polar surface area (TPSA) is 90.3 Å². The Morgan fingerprint density at radius 1 is 1.24 bits per heavy atom. The van der Waals surface area contributed by atoms with Crippen molar-refractivity contribution in [2.24, 2.45) is 0 Å². The van der Waals surface area contributed by atoms with Crippen LogP contribution in [-0.4, -0.2) is 47.0 Å². The van der Waals surface area contributed by atoms with E-state index in [-0.39, 0.29) is 11.9 Å². The Hall–Kier alpha value is -2.61. The van der Waals surface area contributed by atoms with E-state index in [4.69, 9.17) is 9.47 Å². The maximum Gasteiger partial charge on any atom is 0.252 e. The van der Waals surface area contributed by atoms with Gasteiger partial charge in [-0.3, -0.25) is 4.79 Å². The predicted octanol–water partition coefficient (Wildman–Crippen LogP) is 0.686. The third-order valence-corrected chi connectivity index (χ3v) is 4.43. The molecule has 0 aliphatic carbocycles. The van der Waals surface area contributed by atoms with Crippen LogP contribution in [0.5, 0.6) is 11.5 Å². The molecule has 2 aliphatic rings. The number of carbonyl (C=O) groups is 1. The van der Waals surface area contributed by atoms with E-state index in [9.17, 15) is 4.79 Å². The van der Waals surface area contributed by atoms with Gasteiger partial charge in [0.05, 0.1) is 6.04 Å². The van der Waals surface area contributed by atoms with E-state index in [1.165, 1.54) is 0 Å². The average molecular weight is 343 g/mol. The molecule has 2 aliphatic heterocycles. The molecule has 0 saturated carbocycles. The van der Waals surface area contributed by atoms with Crippen molar-refractivity contribution in [2.75, 3.05) is 26.3 Å². The zero-order chi connectivity index (χ0) is 17.2. The first-order chi connectivity index (χ1) is 12.2. The number of nitrogens with one attached hydrogen (secondary N) is 2. The molecule has 0 radical (unpaired) electrons. The largest absolute Gasteiger partial charge is 0.486 e. The summed E-state index contributed by atoms with van der Waals surface area (Å²) in [5, 5.41) is 14.9. The van der Waals surface area contributed by atoms with Crippen molar-refractivity contribution in [1.29, 1.82) is 0 Å². The number of nitrogens with zero attached hydrogens (tertiary/aromatic N) is 3. The van der Waals surface area contributed by atoms with Crippen molar-refractivity contribution in [3.8, 4) is 11.5 Å². The highest BCUT2D eigenvalue weighted by Crippen LogP contribution is 2.30. The summed E-state index contributed by atoms with van der Waals surface area (Å²) in [4.78, 5) is 12.6. The Bertz CT molecular complexity index is 789. The zero-order valence-corrected chi connectivity index (χ0v) is 14.1. The van der Waals surface area contributed by atoms with Crippen LogP contribution in [0.4, 0.5) is 0 Å².